The minimum absolute atomic E-state index is 0.169. The van der Waals surface area contributed by atoms with Crippen LogP contribution in [0.15, 0.2) is 36.4 Å². The van der Waals surface area contributed by atoms with Gasteiger partial charge in [-0.25, -0.2) is 17.6 Å². The molecule has 1 saturated carbocycles. The van der Waals surface area contributed by atoms with E-state index in [-0.39, 0.29) is 17.0 Å². The maximum absolute atomic E-state index is 14.3. The second-order valence-corrected chi connectivity index (χ2v) is 6.73. The Labute approximate surface area is 139 Å². The number of alkyl halides is 2. The Kier molecular flexibility index (Phi) is 4.66. The van der Waals surface area contributed by atoms with Gasteiger partial charge < -0.3 is 0 Å². The predicted molar refractivity (Wildman–Crippen MR) is 87.5 cm³/mol. The molecule has 4 heteroatoms. The van der Waals surface area contributed by atoms with Crippen molar-refractivity contribution in [2.24, 2.45) is 5.92 Å². The van der Waals surface area contributed by atoms with Crippen LogP contribution in [0.3, 0.4) is 0 Å². The molecule has 1 aliphatic rings. The Morgan fingerprint density at radius 3 is 2.17 bits per heavy atom. The van der Waals surface area contributed by atoms with Crippen LogP contribution in [0, 0.1) is 24.5 Å². The molecule has 1 aliphatic carbocycles. The lowest BCUT2D eigenvalue weighted by Crippen LogP contribution is -2.35. The minimum Gasteiger partial charge on any atom is -0.244 e. The number of hydrogen-bond acceptors (Lipinski definition) is 0. The summed E-state index contributed by atoms with van der Waals surface area (Å²) in [6.07, 6.45) is -1.73. The fourth-order valence-electron chi connectivity index (χ4n) is 3.43. The highest BCUT2D eigenvalue weighted by Gasteiger charge is 2.38. The molecule has 4 atom stereocenters. The molecular formula is C20H20F4. The van der Waals surface area contributed by atoms with Gasteiger partial charge in [-0.3, -0.25) is 0 Å². The molecule has 2 aromatic carbocycles. The van der Waals surface area contributed by atoms with Crippen molar-refractivity contribution in [1.29, 1.82) is 0 Å². The van der Waals surface area contributed by atoms with Gasteiger partial charge in [0.25, 0.3) is 0 Å². The molecule has 0 aromatic heterocycles. The molecule has 0 saturated heterocycles. The molecule has 24 heavy (non-hydrogen) atoms. The van der Waals surface area contributed by atoms with Gasteiger partial charge in [-0.15, -0.1) is 0 Å². The zero-order valence-electron chi connectivity index (χ0n) is 13.7. The predicted octanol–water partition coefficient (Wildman–Crippen LogP) is 6.13. The number of rotatable bonds is 2. The van der Waals surface area contributed by atoms with Gasteiger partial charge in [-0.1, -0.05) is 43.3 Å². The summed E-state index contributed by atoms with van der Waals surface area (Å²) in [6.45, 7) is 3.23. The summed E-state index contributed by atoms with van der Waals surface area (Å²) in [5, 5.41) is 0. The van der Waals surface area contributed by atoms with Gasteiger partial charge in [0.1, 0.15) is 12.3 Å². The topological polar surface area (TPSA) is 0 Å². The molecule has 0 spiro atoms. The molecular weight excluding hydrogens is 316 g/mol. The van der Waals surface area contributed by atoms with Gasteiger partial charge in [-0.05, 0) is 42.4 Å². The monoisotopic (exact) mass is 336 g/mol. The van der Waals surface area contributed by atoms with Crippen molar-refractivity contribution in [3.8, 4) is 11.1 Å². The second kappa shape index (κ2) is 6.58. The number of aryl methyl sites for hydroxylation is 1. The van der Waals surface area contributed by atoms with Crippen LogP contribution in [0.2, 0.25) is 0 Å². The largest absolute Gasteiger partial charge is 0.244 e. The summed E-state index contributed by atoms with van der Waals surface area (Å²) in [5.41, 5.74) is 1.64. The lowest BCUT2D eigenvalue weighted by Gasteiger charge is -2.33. The van der Waals surface area contributed by atoms with Gasteiger partial charge in [0.2, 0.25) is 0 Å². The van der Waals surface area contributed by atoms with Crippen molar-refractivity contribution in [1.82, 2.24) is 0 Å². The second-order valence-electron chi connectivity index (χ2n) is 6.73. The highest BCUT2D eigenvalue weighted by molar-refractivity contribution is 5.65. The summed E-state index contributed by atoms with van der Waals surface area (Å²) in [4.78, 5) is 0. The Bertz CT molecular complexity index is 723. The maximum Gasteiger partial charge on any atom is 0.166 e. The van der Waals surface area contributed by atoms with Crippen LogP contribution in [-0.4, -0.2) is 12.3 Å². The third-order valence-electron chi connectivity index (χ3n) is 5.09. The lowest BCUT2D eigenvalue weighted by molar-refractivity contribution is 0.0573. The average Bonchev–Trinajstić information content (AvgIpc) is 2.58. The zero-order valence-corrected chi connectivity index (χ0v) is 13.7. The first-order chi connectivity index (χ1) is 11.4. The molecule has 0 amide bonds. The third-order valence-corrected chi connectivity index (χ3v) is 5.09. The van der Waals surface area contributed by atoms with Crippen molar-refractivity contribution in [2.45, 2.75) is 45.0 Å². The molecule has 0 nitrogen and oxygen atoms in total. The Hall–Kier alpha value is -1.84. The number of hydrogen-bond donors (Lipinski definition) is 0. The van der Waals surface area contributed by atoms with Crippen LogP contribution in [-0.2, 0) is 0 Å². The van der Waals surface area contributed by atoms with Crippen LogP contribution < -0.4 is 0 Å². The van der Waals surface area contributed by atoms with E-state index < -0.39 is 29.9 Å². The molecule has 0 aliphatic heterocycles. The molecule has 128 valence electrons. The molecule has 0 N–H and O–H groups in total. The first kappa shape index (κ1) is 17.0. The van der Waals surface area contributed by atoms with Crippen molar-refractivity contribution < 1.29 is 17.6 Å². The Morgan fingerprint density at radius 2 is 1.50 bits per heavy atom. The maximum atomic E-state index is 14.3. The van der Waals surface area contributed by atoms with Crippen molar-refractivity contribution >= 4 is 0 Å². The van der Waals surface area contributed by atoms with Gasteiger partial charge in [0.15, 0.2) is 11.6 Å². The molecule has 2 aromatic rings. The van der Waals surface area contributed by atoms with Crippen molar-refractivity contribution in [3.63, 3.8) is 0 Å². The van der Waals surface area contributed by atoms with Crippen molar-refractivity contribution in [2.75, 3.05) is 0 Å². The van der Waals surface area contributed by atoms with E-state index in [0.717, 1.165) is 0 Å². The number of halogens is 4. The summed E-state index contributed by atoms with van der Waals surface area (Å²) in [6, 6.07) is 9.70. The van der Waals surface area contributed by atoms with Crippen molar-refractivity contribution in [3.05, 3.63) is 59.2 Å². The van der Waals surface area contributed by atoms with E-state index in [1.54, 1.807) is 31.2 Å². The van der Waals surface area contributed by atoms with Crippen LogP contribution >= 0.6 is 0 Å². The van der Waals surface area contributed by atoms with E-state index in [1.165, 1.54) is 19.1 Å². The van der Waals surface area contributed by atoms with E-state index >= 15 is 0 Å². The standard InChI is InChI=1S/C20H20F4/c1-11-3-9-15(19(23)17(11)21)13-5-7-14(8-6-13)16-10-4-12(2)18(22)20(16)24/h3,5-9,12,16,18,20H,4,10H2,1-2H3/t12?,16?,18?,20-/m0/s1. The fraction of sp³-hybridized carbons (Fsp3) is 0.400. The minimum atomic E-state index is -1.52. The number of benzene rings is 2. The summed E-state index contributed by atoms with van der Waals surface area (Å²) in [7, 11) is 0. The van der Waals surface area contributed by atoms with Crippen LogP contribution in [0.25, 0.3) is 11.1 Å². The SMILES string of the molecule is Cc1ccc(-c2ccc(C3CCC(C)C(F)[C@H]3F)cc2)c(F)c1F. The molecule has 1 fully saturated rings. The molecule has 3 rings (SSSR count). The summed E-state index contributed by atoms with van der Waals surface area (Å²) < 4.78 is 56.0. The van der Waals surface area contributed by atoms with Crippen LogP contribution in [0.5, 0.6) is 0 Å². The van der Waals surface area contributed by atoms with E-state index in [4.69, 9.17) is 0 Å². The first-order valence-corrected chi connectivity index (χ1v) is 8.23. The van der Waals surface area contributed by atoms with Gasteiger partial charge in [0, 0.05) is 11.5 Å². The normalized spacial score (nSPS) is 27.2. The highest BCUT2D eigenvalue weighted by Crippen LogP contribution is 2.40. The summed E-state index contributed by atoms with van der Waals surface area (Å²) in [5.74, 6) is -2.49. The molecule has 0 radical (unpaired) electrons. The quantitative estimate of drug-likeness (QED) is 0.579. The van der Waals surface area contributed by atoms with E-state index in [2.05, 4.69) is 0 Å². The van der Waals surface area contributed by atoms with Crippen LogP contribution in [0.4, 0.5) is 17.6 Å². The Balaban J connectivity index is 1.88. The zero-order chi connectivity index (χ0) is 17.4. The smallest absolute Gasteiger partial charge is 0.166 e. The average molecular weight is 336 g/mol. The van der Waals surface area contributed by atoms with Gasteiger partial charge in [0.05, 0.1) is 0 Å². The van der Waals surface area contributed by atoms with Gasteiger partial charge >= 0.3 is 0 Å². The molecule has 0 bridgehead atoms. The molecule has 0 heterocycles. The highest BCUT2D eigenvalue weighted by atomic mass is 19.2. The molecule has 3 unspecified atom stereocenters. The van der Waals surface area contributed by atoms with Gasteiger partial charge in [-0.2, -0.15) is 0 Å². The van der Waals surface area contributed by atoms with Crippen LogP contribution in [0.1, 0.15) is 36.8 Å². The first-order valence-electron chi connectivity index (χ1n) is 8.23. The van der Waals surface area contributed by atoms with E-state index in [0.29, 0.717) is 24.0 Å². The third kappa shape index (κ3) is 2.94. The lowest BCUT2D eigenvalue weighted by atomic mass is 9.76. The Morgan fingerprint density at radius 1 is 0.833 bits per heavy atom. The van der Waals surface area contributed by atoms with E-state index in [9.17, 15) is 17.6 Å². The van der Waals surface area contributed by atoms with E-state index in [1.807, 2.05) is 0 Å². The summed E-state index contributed by atoms with van der Waals surface area (Å²) >= 11 is 0. The fourth-order valence-corrected chi connectivity index (χ4v) is 3.43.